The first-order valence-electron chi connectivity index (χ1n) is 19.1. The van der Waals surface area contributed by atoms with Crippen LogP contribution in [0.2, 0.25) is 0 Å². The third-order valence-corrected chi connectivity index (χ3v) is 11.4. The van der Waals surface area contributed by atoms with E-state index in [0.29, 0.717) is 5.82 Å². The molecule has 56 heavy (non-hydrogen) atoms. The zero-order valence-electron chi connectivity index (χ0n) is 30.4. The maximum Gasteiger partial charge on any atom is 0.160 e. The second-order valence-corrected chi connectivity index (χ2v) is 14.5. The monoisotopic (exact) mass is 714 g/mol. The largest absolute Gasteiger partial charge is 0.455 e. The van der Waals surface area contributed by atoms with Crippen molar-refractivity contribution in [1.29, 1.82) is 0 Å². The molecule has 0 spiro atoms. The molecule has 0 radical (unpaired) electrons. The number of fused-ring (bicyclic) bond motifs is 6. The lowest BCUT2D eigenvalue weighted by Gasteiger charge is -2.33. The molecule has 1 aliphatic carbocycles. The Balaban J connectivity index is 1.03. The summed E-state index contributed by atoms with van der Waals surface area (Å²) in [7, 11) is 0. The van der Waals surface area contributed by atoms with Crippen LogP contribution in [0.15, 0.2) is 211 Å². The third-order valence-electron chi connectivity index (χ3n) is 11.4. The number of furan rings is 1. The molecule has 0 atom stereocenters. The van der Waals surface area contributed by atoms with E-state index in [-0.39, 0.29) is 0 Å². The van der Waals surface area contributed by atoms with E-state index in [9.17, 15) is 0 Å². The van der Waals surface area contributed by atoms with Crippen LogP contribution in [-0.2, 0) is 5.41 Å². The normalized spacial score (nSPS) is 12.8. The van der Waals surface area contributed by atoms with Gasteiger partial charge in [-0.05, 0) is 68.8 Å². The van der Waals surface area contributed by atoms with E-state index < -0.39 is 5.41 Å². The molecule has 0 amide bonds. The fraction of sp³-hybridized carbons (Fsp3) is 0.0189. The van der Waals surface area contributed by atoms with Crippen LogP contribution in [0, 0.1) is 0 Å². The predicted octanol–water partition coefficient (Wildman–Crippen LogP) is 13.4. The van der Waals surface area contributed by atoms with Gasteiger partial charge in [0.15, 0.2) is 5.82 Å². The molecular formula is C53H34N2O. The Morgan fingerprint density at radius 3 is 1.70 bits per heavy atom. The topological polar surface area (TPSA) is 38.9 Å². The highest BCUT2D eigenvalue weighted by Crippen LogP contribution is 2.56. The molecule has 8 aromatic carbocycles. The summed E-state index contributed by atoms with van der Waals surface area (Å²) in [5.41, 5.74) is 15.9. The summed E-state index contributed by atoms with van der Waals surface area (Å²) >= 11 is 0. The highest BCUT2D eigenvalue weighted by Gasteiger charge is 2.45. The molecule has 0 saturated carbocycles. The SMILES string of the molecule is c1ccc(-c2nc(-c3ccc(-c4ccc5c(c4)-c4ccccc4C5(c4ccccc4)c4ccccc4)cc3)cc(-c3cccc4c3oc3ccccc34)n2)cc1. The number of rotatable bonds is 6. The van der Waals surface area contributed by atoms with Crippen molar-refractivity contribution in [3.05, 3.63) is 229 Å². The van der Waals surface area contributed by atoms with E-state index in [1.165, 1.54) is 38.9 Å². The summed E-state index contributed by atoms with van der Waals surface area (Å²) in [6, 6.07) is 73.3. The van der Waals surface area contributed by atoms with Gasteiger partial charge in [0.25, 0.3) is 0 Å². The van der Waals surface area contributed by atoms with Crippen molar-refractivity contribution in [3.63, 3.8) is 0 Å². The van der Waals surface area contributed by atoms with Gasteiger partial charge in [-0.25, -0.2) is 9.97 Å². The van der Waals surface area contributed by atoms with Crippen molar-refractivity contribution in [2.45, 2.75) is 5.41 Å². The van der Waals surface area contributed by atoms with Crippen molar-refractivity contribution in [2.24, 2.45) is 0 Å². The Bertz CT molecular complexity index is 3020. The molecule has 3 heteroatoms. The van der Waals surface area contributed by atoms with E-state index in [1.54, 1.807) is 0 Å². The predicted molar refractivity (Wildman–Crippen MR) is 228 cm³/mol. The first kappa shape index (κ1) is 32.1. The summed E-state index contributed by atoms with van der Waals surface area (Å²) in [5.74, 6) is 0.674. The number of hydrogen-bond donors (Lipinski definition) is 0. The molecule has 10 aromatic rings. The average molecular weight is 715 g/mol. The van der Waals surface area contributed by atoms with Gasteiger partial charge >= 0.3 is 0 Å². The molecular weight excluding hydrogens is 681 g/mol. The second kappa shape index (κ2) is 12.9. The lowest BCUT2D eigenvalue weighted by Crippen LogP contribution is -2.28. The Morgan fingerprint density at radius 2 is 0.929 bits per heavy atom. The number of benzene rings is 8. The second-order valence-electron chi connectivity index (χ2n) is 14.5. The fourth-order valence-electron chi connectivity index (χ4n) is 8.86. The molecule has 262 valence electrons. The molecule has 1 aliphatic rings. The van der Waals surface area contributed by atoms with Crippen LogP contribution in [0.1, 0.15) is 22.3 Å². The minimum Gasteiger partial charge on any atom is -0.455 e. The van der Waals surface area contributed by atoms with Crippen LogP contribution in [0.5, 0.6) is 0 Å². The number of nitrogens with zero attached hydrogens (tertiary/aromatic N) is 2. The van der Waals surface area contributed by atoms with Crippen LogP contribution in [-0.4, -0.2) is 9.97 Å². The van der Waals surface area contributed by atoms with E-state index in [4.69, 9.17) is 14.4 Å². The standard InChI is InChI=1S/C53H34N2O/c1-4-15-37(16-5-1)52-54-48(34-49(55-52)44-24-14-23-43-42-22-11-13-26-50(42)56-51(43)44)36-29-27-35(28-30-36)38-31-32-47-45(33-38)41-21-10-12-25-46(41)53(47,39-17-6-2-7-18-39)40-19-8-3-9-20-40/h1-34H. The Labute approximate surface area is 325 Å². The summed E-state index contributed by atoms with van der Waals surface area (Å²) in [6.07, 6.45) is 0. The summed E-state index contributed by atoms with van der Waals surface area (Å²) in [6.45, 7) is 0. The summed E-state index contributed by atoms with van der Waals surface area (Å²) < 4.78 is 6.45. The van der Waals surface area contributed by atoms with Crippen LogP contribution < -0.4 is 0 Å². The zero-order chi connectivity index (χ0) is 37.1. The number of hydrogen-bond acceptors (Lipinski definition) is 3. The van der Waals surface area contributed by atoms with Gasteiger partial charge in [0.05, 0.1) is 16.8 Å². The molecule has 2 heterocycles. The van der Waals surface area contributed by atoms with Crippen molar-refractivity contribution in [1.82, 2.24) is 9.97 Å². The molecule has 0 fully saturated rings. The molecule has 2 aromatic heterocycles. The van der Waals surface area contributed by atoms with E-state index >= 15 is 0 Å². The molecule has 3 nitrogen and oxygen atoms in total. The lowest BCUT2D eigenvalue weighted by atomic mass is 9.67. The molecule has 0 aliphatic heterocycles. The lowest BCUT2D eigenvalue weighted by molar-refractivity contribution is 0.670. The van der Waals surface area contributed by atoms with Gasteiger partial charge in [0.1, 0.15) is 11.2 Å². The van der Waals surface area contributed by atoms with Crippen molar-refractivity contribution in [2.75, 3.05) is 0 Å². The quantitative estimate of drug-likeness (QED) is 0.172. The number of aromatic nitrogens is 2. The number of para-hydroxylation sites is 2. The van der Waals surface area contributed by atoms with E-state index in [1.807, 2.05) is 36.4 Å². The van der Waals surface area contributed by atoms with Crippen LogP contribution in [0.4, 0.5) is 0 Å². The van der Waals surface area contributed by atoms with Gasteiger partial charge in [0.2, 0.25) is 0 Å². The van der Waals surface area contributed by atoms with E-state index in [2.05, 4.69) is 170 Å². The Kier molecular flexibility index (Phi) is 7.39. The van der Waals surface area contributed by atoms with Crippen molar-refractivity contribution < 1.29 is 4.42 Å². The highest BCUT2D eigenvalue weighted by atomic mass is 16.3. The fourth-order valence-corrected chi connectivity index (χ4v) is 8.86. The van der Waals surface area contributed by atoms with Gasteiger partial charge < -0.3 is 4.42 Å². The zero-order valence-corrected chi connectivity index (χ0v) is 30.4. The summed E-state index contributed by atoms with van der Waals surface area (Å²) in [4.78, 5) is 10.2. The van der Waals surface area contributed by atoms with Gasteiger partial charge in [-0.1, -0.05) is 182 Å². The molecule has 0 N–H and O–H groups in total. The Hall–Kier alpha value is -7.36. The third kappa shape index (κ3) is 4.98. The molecule has 11 rings (SSSR count). The molecule has 0 bridgehead atoms. The van der Waals surface area contributed by atoms with Gasteiger partial charge in [0, 0.05) is 27.5 Å². The van der Waals surface area contributed by atoms with Crippen LogP contribution in [0.3, 0.4) is 0 Å². The minimum absolute atomic E-state index is 0.412. The van der Waals surface area contributed by atoms with Crippen molar-refractivity contribution in [3.8, 4) is 56.2 Å². The van der Waals surface area contributed by atoms with E-state index in [0.717, 1.165) is 55.6 Å². The molecule has 0 unspecified atom stereocenters. The smallest absolute Gasteiger partial charge is 0.160 e. The molecule has 0 saturated heterocycles. The maximum absolute atomic E-state index is 6.45. The Morgan fingerprint density at radius 1 is 0.357 bits per heavy atom. The maximum atomic E-state index is 6.45. The highest BCUT2D eigenvalue weighted by molar-refractivity contribution is 6.09. The first-order valence-corrected chi connectivity index (χ1v) is 19.1. The average Bonchev–Trinajstić information content (AvgIpc) is 3.81. The summed E-state index contributed by atoms with van der Waals surface area (Å²) in [5, 5.41) is 2.17. The van der Waals surface area contributed by atoms with Gasteiger partial charge in [-0.2, -0.15) is 0 Å². The van der Waals surface area contributed by atoms with Gasteiger partial charge in [-0.15, -0.1) is 0 Å². The van der Waals surface area contributed by atoms with Crippen molar-refractivity contribution >= 4 is 21.9 Å². The minimum atomic E-state index is -0.412. The first-order chi connectivity index (χ1) is 27.8. The van der Waals surface area contributed by atoms with Crippen LogP contribution >= 0.6 is 0 Å². The van der Waals surface area contributed by atoms with Gasteiger partial charge in [-0.3, -0.25) is 0 Å². The van der Waals surface area contributed by atoms with Crippen LogP contribution in [0.25, 0.3) is 78.1 Å².